The smallest absolute Gasteiger partial charge is 0.257 e. The molecule has 0 radical (unpaired) electrons. The van der Waals surface area contributed by atoms with Crippen LogP contribution in [-0.4, -0.2) is 11.1 Å². The molecule has 3 N–H and O–H groups in total. The van der Waals surface area contributed by atoms with E-state index in [0.29, 0.717) is 17.1 Å². The van der Waals surface area contributed by atoms with Gasteiger partial charge in [0.15, 0.2) is 5.82 Å². The molecule has 2 rings (SSSR count). The van der Waals surface area contributed by atoms with Gasteiger partial charge in [0.2, 0.25) is 0 Å². The number of amides is 1. The van der Waals surface area contributed by atoms with Crippen molar-refractivity contribution in [3.05, 3.63) is 40.6 Å². The van der Waals surface area contributed by atoms with Crippen molar-refractivity contribution < 1.29 is 9.32 Å². The van der Waals surface area contributed by atoms with Crippen LogP contribution in [0.2, 0.25) is 0 Å². The number of anilines is 2. The third kappa shape index (κ3) is 2.40. The van der Waals surface area contributed by atoms with Gasteiger partial charge >= 0.3 is 0 Å². The van der Waals surface area contributed by atoms with Crippen LogP contribution in [0.25, 0.3) is 0 Å². The van der Waals surface area contributed by atoms with Crippen LogP contribution >= 0.6 is 15.9 Å². The van der Waals surface area contributed by atoms with E-state index in [2.05, 4.69) is 30.9 Å². The molecule has 0 spiro atoms. The Hall–Kier alpha value is -1.82. The van der Waals surface area contributed by atoms with Crippen molar-refractivity contribution in [1.82, 2.24) is 5.16 Å². The average molecular weight is 282 g/mol. The molecule has 2 aromatic rings. The van der Waals surface area contributed by atoms with Crippen LogP contribution in [0.5, 0.6) is 0 Å². The highest BCUT2D eigenvalue weighted by molar-refractivity contribution is 9.10. The first-order chi connectivity index (χ1) is 7.65. The molecule has 1 aromatic carbocycles. The minimum atomic E-state index is -0.290. The first kappa shape index (κ1) is 10.7. The Balaban J connectivity index is 2.21. The second-order valence-corrected chi connectivity index (χ2v) is 4.03. The molecule has 0 bridgehead atoms. The van der Waals surface area contributed by atoms with Gasteiger partial charge in [-0.2, -0.15) is 0 Å². The zero-order valence-corrected chi connectivity index (χ0v) is 9.69. The number of nitrogens with zero attached hydrogens (tertiary/aromatic N) is 1. The van der Waals surface area contributed by atoms with Gasteiger partial charge in [-0.1, -0.05) is 21.1 Å². The number of nitrogens with two attached hydrogens (primary N) is 1. The summed E-state index contributed by atoms with van der Waals surface area (Å²) >= 11 is 3.27. The van der Waals surface area contributed by atoms with Crippen LogP contribution < -0.4 is 11.1 Å². The van der Waals surface area contributed by atoms with Crippen molar-refractivity contribution in [3.63, 3.8) is 0 Å². The summed E-state index contributed by atoms with van der Waals surface area (Å²) in [7, 11) is 0. The first-order valence-electron chi connectivity index (χ1n) is 4.43. The van der Waals surface area contributed by atoms with Gasteiger partial charge in [-0.15, -0.1) is 0 Å². The number of carbonyl (C=O) groups excluding carboxylic acids is 1. The summed E-state index contributed by atoms with van der Waals surface area (Å²) in [6, 6.07) is 6.53. The third-order valence-electron chi connectivity index (χ3n) is 1.86. The molecule has 0 saturated heterocycles. The molecule has 6 heteroatoms. The van der Waals surface area contributed by atoms with Crippen molar-refractivity contribution in [1.29, 1.82) is 0 Å². The Morgan fingerprint density at radius 2 is 2.25 bits per heavy atom. The second kappa shape index (κ2) is 4.36. The molecule has 1 heterocycles. The Kier molecular flexibility index (Phi) is 2.91. The lowest BCUT2D eigenvalue weighted by molar-refractivity contribution is 0.102. The van der Waals surface area contributed by atoms with Crippen LogP contribution in [0.1, 0.15) is 10.4 Å². The summed E-state index contributed by atoms with van der Waals surface area (Å²) in [5, 5.41) is 6.15. The largest absolute Gasteiger partial charge is 0.399 e. The summed E-state index contributed by atoms with van der Waals surface area (Å²) < 4.78 is 5.35. The van der Waals surface area contributed by atoms with Gasteiger partial charge < -0.3 is 15.6 Å². The predicted octanol–water partition coefficient (Wildman–Crippen LogP) is 2.27. The van der Waals surface area contributed by atoms with Crippen molar-refractivity contribution >= 4 is 33.3 Å². The third-order valence-corrected chi connectivity index (χ3v) is 2.32. The molecule has 0 aliphatic rings. The van der Waals surface area contributed by atoms with Gasteiger partial charge in [-0.25, -0.2) is 0 Å². The number of rotatable bonds is 2. The molecule has 1 amide bonds. The summed E-state index contributed by atoms with van der Waals surface area (Å²) in [5.41, 5.74) is 6.59. The van der Waals surface area contributed by atoms with Gasteiger partial charge in [-0.3, -0.25) is 4.79 Å². The zero-order valence-electron chi connectivity index (χ0n) is 8.11. The van der Waals surface area contributed by atoms with E-state index in [1.807, 2.05) is 0 Å². The number of nitrogens with one attached hydrogen (secondary N) is 1. The number of nitrogen functional groups attached to an aromatic ring is 1. The summed E-state index contributed by atoms with van der Waals surface area (Å²) in [4.78, 5) is 11.7. The standard InChI is InChI=1S/C10H8BrN3O2/c11-7-3-6(4-8(12)5-7)10(15)13-9-1-2-16-14-9/h1-5H,12H2,(H,13,14,15). The Morgan fingerprint density at radius 3 is 2.88 bits per heavy atom. The van der Waals surface area contributed by atoms with Crippen LogP contribution in [-0.2, 0) is 0 Å². The fourth-order valence-corrected chi connectivity index (χ4v) is 1.72. The van der Waals surface area contributed by atoms with E-state index in [1.54, 1.807) is 24.3 Å². The number of halogens is 1. The lowest BCUT2D eigenvalue weighted by Crippen LogP contribution is -2.12. The maximum atomic E-state index is 11.7. The van der Waals surface area contributed by atoms with E-state index >= 15 is 0 Å². The highest BCUT2D eigenvalue weighted by Gasteiger charge is 2.08. The maximum Gasteiger partial charge on any atom is 0.257 e. The van der Waals surface area contributed by atoms with E-state index in [-0.39, 0.29) is 5.91 Å². The van der Waals surface area contributed by atoms with Gasteiger partial charge in [-0.05, 0) is 18.2 Å². The van der Waals surface area contributed by atoms with Gasteiger partial charge in [0.05, 0.1) is 0 Å². The fraction of sp³-hybridized carbons (Fsp3) is 0. The summed E-state index contributed by atoms with van der Waals surface area (Å²) in [6.07, 6.45) is 1.38. The zero-order chi connectivity index (χ0) is 11.5. The van der Waals surface area contributed by atoms with E-state index in [9.17, 15) is 4.79 Å². The first-order valence-corrected chi connectivity index (χ1v) is 5.22. The number of carbonyl (C=O) groups is 1. The highest BCUT2D eigenvalue weighted by Crippen LogP contribution is 2.18. The normalized spacial score (nSPS) is 10.1. The van der Waals surface area contributed by atoms with Crippen molar-refractivity contribution in [2.24, 2.45) is 0 Å². The van der Waals surface area contributed by atoms with Crippen LogP contribution in [0.15, 0.2) is 39.5 Å². The molecular weight excluding hydrogens is 274 g/mol. The molecule has 0 aliphatic carbocycles. The fourth-order valence-electron chi connectivity index (χ4n) is 1.21. The minimum Gasteiger partial charge on any atom is -0.399 e. The quantitative estimate of drug-likeness (QED) is 0.828. The maximum absolute atomic E-state index is 11.7. The molecular formula is C10H8BrN3O2. The van der Waals surface area contributed by atoms with Crippen molar-refractivity contribution in [2.45, 2.75) is 0 Å². The number of hydrogen-bond acceptors (Lipinski definition) is 4. The van der Waals surface area contributed by atoms with Crippen LogP contribution in [0, 0.1) is 0 Å². The van der Waals surface area contributed by atoms with E-state index in [4.69, 9.17) is 5.73 Å². The minimum absolute atomic E-state index is 0.290. The van der Waals surface area contributed by atoms with E-state index in [1.165, 1.54) is 6.26 Å². The lowest BCUT2D eigenvalue weighted by Gasteiger charge is -2.03. The lowest BCUT2D eigenvalue weighted by atomic mass is 10.2. The Morgan fingerprint density at radius 1 is 1.44 bits per heavy atom. The molecule has 5 nitrogen and oxygen atoms in total. The number of aromatic nitrogens is 1. The van der Waals surface area contributed by atoms with Crippen molar-refractivity contribution in [3.8, 4) is 0 Å². The molecule has 1 aromatic heterocycles. The van der Waals surface area contributed by atoms with Gasteiger partial charge in [0.25, 0.3) is 5.91 Å². The van der Waals surface area contributed by atoms with E-state index in [0.717, 1.165) is 4.47 Å². The van der Waals surface area contributed by atoms with Crippen molar-refractivity contribution in [2.75, 3.05) is 11.1 Å². The average Bonchev–Trinajstić information content (AvgIpc) is 2.68. The molecule has 16 heavy (non-hydrogen) atoms. The molecule has 0 unspecified atom stereocenters. The van der Waals surface area contributed by atoms with E-state index < -0.39 is 0 Å². The van der Waals surface area contributed by atoms with Crippen LogP contribution in [0.3, 0.4) is 0 Å². The van der Waals surface area contributed by atoms with Gasteiger partial charge in [0.1, 0.15) is 6.26 Å². The summed E-state index contributed by atoms with van der Waals surface area (Å²) in [5.74, 6) is 0.0745. The van der Waals surface area contributed by atoms with Crippen LogP contribution in [0.4, 0.5) is 11.5 Å². The second-order valence-electron chi connectivity index (χ2n) is 3.11. The highest BCUT2D eigenvalue weighted by atomic mass is 79.9. The number of benzene rings is 1. The monoisotopic (exact) mass is 281 g/mol. The topological polar surface area (TPSA) is 81.2 Å². The Bertz CT molecular complexity index is 491. The Labute approximate surface area is 99.7 Å². The number of hydrogen-bond donors (Lipinski definition) is 2. The molecule has 0 saturated carbocycles. The molecule has 0 aliphatic heterocycles. The predicted molar refractivity (Wildman–Crippen MR) is 63.0 cm³/mol. The summed E-state index contributed by atoms with van der Waals surface area (Å²) in [6.45, 7) is 0. The molecule has 0 atom stereocenters. The molecule has 82 valence electrons. The molecule has 0 fully saturated rings. The van der Waals surface area contributed by atoms with Gasteiger partial charge in [0, 0.05) is 21.8 Å². The SMILES string of the molecule is Nc1cc(Br)cc(C(=O)Nc2ccon2)c1.